The van der Waals surface area contributed by atoms with Crippen LogP contribution in [0.3, 0.4) is 0 Å². The van der Waals surface area contributed by atoms with Gasteiger partial charge in [0.25, 0.3) is 0 Å². The molecule has 0 saturated heterocycles. The van der Waals surface area contributed by atoms with Gasteiger partial charge >= 0.3 is 5.97 Å². The maximum absolute atomic E-state index is 13.6. The van der Waals surface area contributed by atoms with Crippen molar-refractivity contribution in [2.24, 2.45) is 29.6 Å². The maximum Gasteiger partial charge on any atom is 0.308 e. The largest absolute Gasteiger partial charge is 0.462 e. The van der Waals surface area contributed by atoms with Crippen molar-refractivity contribution in [3.05, 3.63) is 60.3 Å². The fraction of sp³-hybridized carbons (Fsp3) is 0.649. The molecule has 46 heavy (non-hydrogen) atoms. The third-order valence-electron chi connectivity index (χ3n) is 9.20. The van der Waals surface area contributed by atoms with Crippen molar-refractivity contribution in [3.8, 4) is 0 Å². The van der Waals surface area contributed by atoms with Crippen LogP contribution in [0.5, 0.6) is 0 Å². The van der Waals surface area contributed by atoms with E-state index in [1.165, 1.54) is 4.90 Å². The number of ketones is 1. The Morgan fingerprint density at radius 1 is 0.935 bits per heavy atom. The zero-order valence-electron chi connectivity index (χ0n) is 30.0. The normalized spacial score (nSPS) is 17.0. The van der Waals surface area contributed by atoms with Gasteiger partial charge in [0.15, 0.2) is 14.1 Å². The highest BCUT2D eigenvalue weighted by Gasteiger charge is 2.37. The van der Waals surface area contributed by atoms with E-state index >= 15 is 0 Å². The summed E-state index contributed by atoms with van der Waals surface area (Å²) in [6.45, 7) is 18.5. The molecule has 0 saturated carbocycles. The standard InChI is InChI=1S/C37H61NO7Si/c1-11-46(12-2,13-3)45-36(29(7)21-23-38(10)26-39)30(8)33(40)20-19-28(6)35(41)31(9)34(44-37(42)27(4)5)22-24-43-25-32-17-15-14-16-18-32/h14-21,23,26-31,34-36,41H,11-13,22,24-25H2,1-10H3/b20-19+,23-21-/t28-,29+,30-,31+,34-,35-,36+/m0/s1. The predicted octanol–water partition coefficient (Wildman–Crippen LogP) is 7.18. The lowest BCUT2D eigenvalue weighted by Gasteiger charge is -2.37. The van der Waals surface area contributed by atoms with Crippen LogP contribution in [0.15, 0.2) is 54.8 Å². The summed E-state index contributed by atoms with van der Waals surface area (Å²) in [5, 5.41) is 11.3. The van der Waals surface area contributed by atoms with Gasteiger partial charge in [0.1, 0.15) is 6.10 Å². The lowest BCUT2D eigenvalue weighted by Crippen LogP contribution is -2.45. The number of esters is 1. The minimum Gasteiger partial charge on any atom is -0.462 e. The number of rotatable bonds is 23. The molecule has 1 aromatic rings. The molecule has 0 heterocycles. The van der Waals surface area contributed by atoms with Crippen molar-refractivity contribution < 1.29 is 33.4 Å². The Hall–Kier alpha value is -2.59. The van der Waals surface area contributed by atoms with Crippen LogP contribution in [0.4, 0.5) is 0 Å². The summed E-state index contributed by atoms with van der Waals surface area (Å²) in [5.74, 6) is -1.99. The van der Waals surface area contributed by atoms with Gasteiger partial charge in [-0.2, -0.15) is 0 Å². The molecule has 0 unspecified atom stereocenters. The van der Waals surface area contributed by atoms with Crippen LogP contribution >= 0.6 is 0 Å². The van der Waals surface area contributed by atoms with Crippen LogP contribution in [-0.2, 0) is 34.9 Å². The molecule has 0 aliphatic rings. The molecular weight excluding hydrogens is 598 g/mol. The van der Waals surface area contributed by atoms with Gasteiger partial charge in [-0.1, -0.05) is 105 Å². The molecule has 0 aliphatic heterocycles. The number of hydrogen-bond acceptors (Lipinski definition) is 7. The second-order valence-corrected chi connectivity index (χ2v) is 17.7. The van der Waals surface area contributed by atoms with Crippen molar-refractivity contribution in [1.82, 2.24) is 4.90 Å². The van der Waals surface area contributed by atoms with E-state index < -0.39 is 32.4 Å². The van der Waals surface area contributed by atoms with Gasteiger partial charge in [-0.15, -0.1) is 0 Å². The minimum absolute atomic E-state index is 0.0796. The van der Waals surface area contributed by atoms with Crippen LogP contribution in [0.1, 0.15) is 74.3 Å². The van der Waals surface area contributed by atoms with E-state index in [0.717, 1.165) is 30.1 Å². The van der Waals surface area contributed by atoms with Crippen molar-refractivity contribution >= 4 is 26.5 Å². The zero-order valence-corrected chi connectivity index (χ0v) is 31.0. The average molecular weight is 660 g/mol. The van der Waals surface area contributed by atoms with Gasteiger partial charge in [-0.05, 0) is 29.8 Å². The summed E-state index contributed by atoms with van der Waals surface area (Å²) >= 11 is 0. The molecule has 8 nitrogen and oxygen atoms in total. The molecule has 0 aromatic heterocycles. The number of benzene rings is 1. The SMILES string of the molecule is CC[Si](CC)(CC)O[C@H]([C@H](C)/C=C\N(C)C=O)[C@@H](C)C(=O)/C=C/[C@H](C)[C@H](O)[C@H](C)[C@H](CCOCc1ccccc1)OC(=O)C(C)C. The van der Waals surface area contributed by atoms with E-state index in [9.17, 15) is 19.5 Å². The molecule has 1 aromatic carbocycles. The van der Waals surface area contributed by atoms with Crippen LogP contribution in [0.2, 0.25) is 18.1 Å². The van der Waals surface area contributed by atoms with Gasteiger partial charge in [0, 0.05) is 43.3 Å². The smallest absolute Gasteiger partial charge is 0.308 e. The van der Waals surface area contributed by atoms with Crippen molar-refractivity contribution in [1.29, 1.82) is 0 Å². The molecule has 0 aliphatic carbocycles. The highest BCUT2D eigenvalue weighted by molar-refractivity contribution is 6.73. The van der Waals surface area contributed by atoms with Crippen molar-refractivity contribution in [2.75, 3.05) is 13.7 Å². The summed E-state index contributed by atoms with van der Waals surface area (Å²) in [6, 6.07) is 12.7. The first-order chi connectivity index (χ1) is 21.7. The minimum atomic E-state index is -2.05. The quantitative estimate of drug-likeness (QED) is 0.0436. The average Bonchev–Trinajstić information content (AvgIpc) is 3.07. The number of nitrogens with zero attached hydrogens (tertiary/aromatic N) is 1. The molecule has 0 bridgehead atoms. The molecule has 1 amide bonds. The molecule has 0 spiro atoms. The maximum atomic E-state index is 13.6. The van der Waals surface area contributed by atoms with Crippen molar-refractivity contribution in [3.63, 3.8) is 0 Å². The Labute approximate surface area is 279 Å². The highest BCUT2D eigenvalue weighted by atomic mass is 28.4. The Morgan fingerprint density at radius 3 is 2.09 bits per heavy atom. The highest BCUT2D eigenvalue weighted by Crippen LogP contribution is 2.31. The lowest BCUT2D eigenvalue weighted by molar-refractivity contribution is -0.159. The summed E-state index contributed by atoms with van der Waals surface area (Å²) in [4.78, 5) is 38.7. The Balaban J connectivity index is 3.05. The number of aliphatic hydroxyl groups excluding tert-OH is 1. The van der Waals surface area contributed by atoms with Gasteiger partial charge in [0.05, 0.1) is 31.3 Å². The first-order valence-corrected chi connectivity index (χ1v) is 19.5. The second kappa shape index (κ2) is 21.3. The van der Waals surface area contributed by atoms with E-state index in [4.69, 9.17) is 13.9 Å². The first kappa shape index (κ1) is 41.4. The third kappa shape index (κ3) is 13.6. The topological polar surface area (TPSA) is 102 Å². The molecule has 1 rings (SSSR count). The second-order valence-electron chi connectivity index (χ2n) is 13.0. The number of allylic oxidation sites excluding steroid dienone is 1. The lowest BCUT2D eigenvalue weighted by atomic mass is 9.86. The molecule has 0 radical (unpaired) electrons. The zero-order chi connectivity index (χ0) is 34.9. The number of aliphatic hydroxyl groups is 1. The number of hydrogen-bond donors (Lipinski definition) is 1. The van der Waals surface area contributed by atoms with Crippen LogP contribution < -0.4 is 0 Å². The van der Waals surface area contributed by atoms with E-state index in [-0.39, 0.29) is 35.6 Å². The Kier molecular flexibility index (Phi) is 19.2. The summed E-state index contributed by atoms with van der Waals surface area (Å²) < 4.78 is 18.6. The molecule has 7 atom stereocenters. The molecule has 260 valence electrons. The monoisotopic (exact) mass is 659 g/mol. The van der Waals surface area contributed by atoms with E-state index in [0.29, 0.717) is 19.6 Å². The first-order valence-electron chi connectivity index (χ1n) is 17.0. The molecule has 9 heteroatoms. The fourth-order valence-corrected chi connectivity index (χ4v) is 8.42. The summed E-state index contributed by atoms with van der Waals surface area (Å²) in [7, 11) is -0.374. The summed E-state index contributed by atoms with van der Waals surface area (Å²) in [5.41, 5.74) is 1.06. The summed E-state index contributed by atoms with van der Waals surface area (Å²) in [6.07, 6.45) is 6.36. The van der Waals surface area contributed by atoms with E-state index in [1.807, 2.05) is 64.1 Å². The fourth-order valence-electron chi connectivity index (χ4n) is 5.42. The van der Waals surface area contributed by atoms with Gasteiger partial charge in [-0.25, -0.2) is 0 Å². The van der Waals surface area contributed by atoms with Crippen LogP contribution in [0.25, 0.3) is 0 Å². The molecule has 0 fully saturated rings. The van der Waals surface area contributed by atoms with Gasteiger partial charge < -0.3 is 23.9 Å². The van der Waals surface area contributed by atoms with E-state index in [1.54, 1.807) is 39.2 Å². The van der Waals surface area contributed by atoms with Gasteiger partial charge in [-0.3, -0.25) is 14.4 Å². The molecule has 1 N–H and O–H groups in total. The number of carbonyl (C=O) groups is 3. The molecular formula is C37H61NO7Si. The van der Waals surface area contributed by atoms with E-state index in [2.05, 4.69) is 20.8 Å². The Morgan fingerprint density at radius 2 is 1.54 bits per heavy atom. The van der Waals surface area contributed by atoms with Gasteiger partial charge in [0.2, 0.25) is 6.41 Å². The predicted molar refractivity (Wildman–Crippen MR) is 187 cm³/mol. The Bertz CT molecular complexity index is 1080. The van der Waals surface area contributed by atoms with Crippen LogP contribution in [-0.4, -0.2) is 68.5 Å². The number of ether oxygens (including phenoxy) is 2. The van der Waals surface area contributed by atoms with Crippen LogP contribution in [0, 0.1) is 29.6 Å². The van der Waals surface area contributed by atoms with Crippen molar-refractivity contribution in [2.45, 2.75) is 112 Å². The third-order valence-corrected chi connectivity index (χ3v) is 13.8. The number of amides is 1. The number of carbonyl (C=O) groups excluding carboxylic acids is 3.